The second kappa shape index (κ2) is 5.33. The lowest BCUT2D eigenvalue weighted by molar-refractivity contribution is -0.137. The van der Waals surface area contributed by atoms with Crippen LogP contribution in [0.4, 0.5) is 13.2 Å². The van der Waals surface area contributed by atoms with Gasteiger partial charge in [-0.25, -0.2) is 0 Å². The normalized spacial score (nSPS) is 22.3. The molecule has 0 bridgehead atoms. The number of hydrogen-bond acceptors (Lipinski definition) is 2. The molecule has 1 saturated carbocycles. The Morgan fingerprint density at radius 3 is 2.32 bits per heavy atom. The van der Waals surface area contributed by atoms with Gasteiger partial charge in [-0.1, -0.05) is 18.6 Å². The third kappa shape index (κ3) is 3.15. The highest BCUT2D eigenvalue weighted by Crippen LogP contribution is 2.34. The standard InChI is InChI=1S/C14H15F3O2/c15-14(16,17)10-7-5-9(6-8-10)13(19)11-3-1-2-4-12(11)18/h5-8,11,13,19H,1-4H2/t11?,13-/m1/s1. The van der Waals surface area contributed by atoms with Gasteiger partial charge in [-0.3, -0.25) is 4.79 Å². The Kier molecular flexibility index (Phi) is 3.94. The molecule has 1 aromatic carbocycles. The molecular weight excluding hydrogens is 257 g/mol. The number of rotatable bonds is 2. The van der Waals surface area contributed by atoms with Crippen LogP contribution in [-0.4, -0.2) is 10.9 Å². The summed E-state index contributed by atoms with van der Waals surface area (Å²) < 4.78 is 37.3. The van der Waals surface area contributed by atoms with Crippen molar-refractivity contribution in [2.75, 3.05) is 0 Å². The van der Waals surface area contributed by atoms with Crippen molar-refractivity contribution in [2.45, 2.75) is 38.0 Å². The molecule has 1 aliphatic carbocycles. The molecule has 5 heteroatoms. The van der Waals surface area contributed by atoms with Gasteiger partial charge >= 0.3 is 6.18 Å². The first-order chi connectivity index (χ1) is 8.89. The Morgan fingerprint density at radius 1 is 1.16 bits per heavy atom. The molecule has 0 aliphatic heterocycles. The minimum atomic E-state index is -4.38. The number of carbonyl (C=O) groups is 1. The number of carbonyl (C=O) groups excluding carboxylic acids is 1. The zero-order valence-corrected chi connectivity index (χ0v) is 10.3. The van der Waals surface area contributed by atoms with E-state index in [2.05, 4.69) is 0 Å². The van der Waals surface area contributed by atoms with Crippen LogP contribution in [-0.2, 0) is 11.0 Å². The predicted molar refractivity (Wildman–Crippen MR) is 63.4 cm³/mol. The van der Waals surface area contributed by atoms with Crippen molar-refractivity contribution in [2.24, 2.45) is 5.92 Å². The molecule has 0 heterocycles. The summed E-state index contributed by atoms with van der Waals surface area (Å²) in [5.41, 5.74) is -0.383. The van der Waals surface area contributed by atoms with Crippen molar-refractivity contribution < 1.29 is 23.1 Å². The summed E-state index contributed by atoms with van der Waals surface area (Å²) in [7, 11) is 0. The molecule has 0 saturated heterocycles. The molecule has 0 radical (unpaired) electrons. The largest absolute Gasteiger partial charge is 0.416 e. The maximum Gasteiger partial charge on any atom is 0.416 e. The van der Waals surface area contributed by atoms with E-state index in [9.17, 15) is 23.1 Å². The molecule has 1 unspecified atom stereocenters. The van der Waals surface area contributed by atoms with E-state index in [1.807, 2.05) is 0 Å². The van der Waals surface area contributed by atoms with Gasteiger partial charge in [0.1, 0.15) is 5.78 Å². The van der Waals surface area contributed by atoms with Gasteiger partial charge in [0.15, 0.2) is 0 Å². The Balaban J connectivity index is 2.15. The van der Waals surface area contributed by atoms with Crippen molar-refractivity contribution in [3.8, 4) is 0 Å². The van der Waals surface area contributed by atoms with Crippen molar-refractivity contribution in [3.05, 3.63) is 35.4 Å². The highest BCUT2D eigenvalue weighted by molar-refractivity contribution is 5.82. The van der Waals surface area contributed by atoms with Crippen LogP contribution in [0.3, 0.4) is 0 Å². The molecular formula is C14H15F3O2. The van der Waals surface area contributed by atoms with Gasteiger partial charge in [0.2, 0.25) is 0 Å². The van der Waals surface area contributed by atoms with Gasteiger partial charge in [0.05, 0.1) is 11.7 Å². The van der Waals surface area contributed by atoms with Crippen molar-refractivity contribution in [1.82, 2.24) is 0 Å². The molecule has 0 amide bonds. The lowest BCUT2D eigenvalue weighted by Crippen LogP contribution is -2.25. The first kappa shape index (κ1) is 14.1. The van der Waals surface area contributed by atoms with Crippen LogP contribution in [0.15, 0.2) is 24.3 Å². The number of alkyl halides is 3. The van der Waals surface area contributed by atoms with E-state index in [1.54, 1.807) is 0 Å². The van der Waals surface area contributed by atoms with Crippen molar-refractivity contribution in [1.29, 1.82) is 0 Å². The fraction of sp³-hybridized carbons (Fsp3) is 0.500. The Morgan fingerprint density at radius 2 is 1.79 bits per heavy atom. The van der Waals surface area contributed by atoms with Crippen LogP contribution < -0.4 is 0 Å². The van der Waals surface area contributed by atoms with Crippen LogP contribution in [0.1, 0.15) is 42.9 Å². The zero-order chi connectivity index (χ0) is 14.0. The minimum absolute atomic E-state index is 0.00125. The quantitative estimate of drug-likeness (QED) is 0.894. The first-order valence-corrected chi connectivity index (χ1v) is 6.27. The van der Waals surface area contributed by atoms with Gasteiger partial charge in [-0.15, -0.1) is 0 Å². The molecule has 2 atom stereocenters. The van der Waals surface area contributed by atoms with Crippen LogP contribution in [0.2, 0.25) is 0 Å². The number of Topliss-reactive ketones (excluding diaryl/α,β-unsaturated/α-hetero) is 1. The summed E-state index contributed by atoms with van der Waals surface area (Å²) in [6, 6.07) is 4.36. The van der Waals surface area contributed by atoms with E-state index < -0.39 is 23.8 Å². The smallest absolute Gasteiger partial charge is 0.388 e. The van der Waals surface area contributed by atoms with E-state index in [0.29, 0.717) is 18.4 Å². The molecule has 1 fully saturated rings. The Bertz CT molecular complexity index is 451. The molecule has 1 N–H and O–H groups in total. The van der Waals surface area contributed by atoms with Gasteiger partial charge in [0, 0.05) is 12.3 Å². The van der Waals surface area contributed by atoms with Crippen LogP contribution in [0.25, 0.3) is 0 Å². The summed E-state index contributed by atoms with van der Waals surface area (Å²) in [4.78, 5) is 11.7. The lowest BCUT2D eigenvalue weighted by Gasteiger charge is -2.25. The molecule has 1 aliphatic rings. The fourth-order valence-corrected chi connectivity index (χ4v) is 2.45. The summed E-state index contributed by atoms with van der Waals surface area (Å²) in [6.45, 7) is 0. The third-order valence-electron chi connectivity index (χ3n) is 3.56. The number of benzene rings is 1. The van der Waals surface area contributed by atoms with E-state index in [4.69, 9.17) is 0 Å². The first-order valence-electron chi connectivity index (χ1n) is 6.27. The molecule has 1 aromatic rings. The van der Waals surface area contributed by atoms with Crippen molar-refractivity contribution in [3.63, 3.8) is 0 Å². The highest BCUT2D eigenvalue weighted by Gasteiger charge is 2.32. The van der Waals surface area contributed by atoms with E-state index >= 15 is 0 Å². The second-order valence-corrected chi connectivity index (χ2v) is 4.88. The fourth-order valence-electron chi connectivity index (χ4n) is 2.45. The predicted octanol–water partition coefficient (Wildman–Crippen LogP) is 3.50. The average Bonchev–Trinajstić information content (AvgIpc) is 2.38. The monoisotopic (exact) mass is 272 g/mol. The second-order valence-electron chi connectivity index (χ2n) is 4.88. The van der Waals surface area contributed by atoms with Gasteiger partial charge in [0.25, 0.3) is 0 Å². The van der Waals surface area contributed by atoms with E-state index in [0.717, 1.165) is 25.0 Å². The van der Waals surface area contributed by atoms with Crippen LogP contribution in [0.5, 0.6) is 0 Å². The number of hydrogen-bond donors (Lipinski definition) is 1. The molecule has 19 heavy (non-hydrogen) atoms. The van der Waals surface area contributed by atoms with Gasteiger partial charge < -0.3 is 5.11 Å². The topological polar surface area (TPSA) is 37.3 Å². The average molecular weight is 272 g/mol. The van der Waals surface area contributed by atoms with Gasteiger partial charge in [-0.2, -0.15) is 13.2 Å². The number of ketones is 1. The Hall–Kier alpha value is -1.36. The molecule has 104 valence electrons. The molecule has 2 rings (SSSR count). The van der Waals surface area contributed by atoms with Gasteiger partial charge in [-0.05, 0) is 30.5 Å². The Labute approximate surface area is 109 Å². The lowest BCUT2D eigenvalue weighted by atomic mass is 9.81. The summed E-state index contributed by atoms with van der Waals surface area (Å²) >= 11 is 0. The number of aliphatic hydroxyl groups excluding tert-OH is 1. The maximum atomic E-state index is 12.4. The molecule has 2 nitrogen and oxygen atoms in total. The molecule has 0 spiro atoms. The third-order valence-corrected chi connectivity index (χ3v) is 3.56. The summed E-state index contributed by atoms with van der Waals surface area (Å²) in [5, 5.41) is 10.1. The van der Waals surface area contributed by atoms with Crippen LogP contribution in [0, 0.1) is 5.92 Å². The van der Waals surface area contributed by atoms with Crippen molar-refractivity contribution >= 4 is 5.78 Å². The molecule has 0 aromatic heterocycles. The zero-order valence-electron chi connectivity index (χ0n) is 10.3. The van der Waals surface area contributed by atoms with E-state index in [1.165, 1.54) is 12.1 Å². The summed E-state index contributed by atoms with van der Waals surface area (Å²) in [5.74, 6) is -0.482. The maximum absolute atomic E-state index is 12.4. The summed E-state index contributed by atoms with van der Waals surface area (Å²) in [6.07, 6.45) is -2.65. The highest BCUT2D eigenvalue weighted by atomic mass is 19.4. The van der Waals surface area contributed by atoms with E-state index in [-0.39, 0.29) is 5.78 Å². The number of halogens is 3. The minimum Gasteiger partial charge on any atom is -0.388 e. The number of aliphatic hydroxyl groups is 1. The van der Waals surface area contributed by atoms with Crippen LogP contribution >= 0.6 is 0 Å². The SMILES string of the molecule is O=C1CCCCC1[C@H](O)c1ccc(C(F)(F)F)cc1.